The summed E-state index contributed by atoms with van der Waals surface area (Å²) < 4.78 is 12.3. The molecule has 0 spiro atoms. The summed E-state index contributed by atoms with van der Waals surface area (Å²) in [6, 6.07) is 5.73. The van der Waals surface area contributed by atoms with E-state index in [0.29, 0.717) is 24.2 Å². The predicted octanol–water partition coefficient (Wildman–Crippen LogP) is 3.70. The number of piperidine rings is 1. The Labute approximate surface area is 159 Å². The SMILES string of the molecule is COC(=O)c1cccc2c(C)n(C3CCN(C(=O)OC(C)(C)C)CC3)nc12. The molecule has 2 heterocycles. The largest absolute Gasteiger partial charge is 0.465 e. The fraction of sp³-hybridized carbons (Fsp3) is 0.550. The summed E-state index contributed by atoms with van der Waals surface area (Å²) in [5.74, 6) is -0.384. The van der Waals surface area contributed by atoms with Crippen LogP contribution in [0.2, 0.25) is 0 Å². The zero-order valence-corrected chi connectivity index (χ0v) is 16.6. The maximum atomic E-state index is 12.2. The van der Waals surface area contributed by atoms with Crippen molar-refractivity contribution in [2.45, 2.75) is 52.2 Å². The van der Waals surface area contributed by atoms with Crippen LogP contribution < -0.4 is 0 Å². The van der Waals surface area contributed by atoms with Gasteiger partial charge in [-0.25, -0.2) is 9.59 Å². The minimum atomic E-state index is -0.492. The molecule has 1 fully saturated rings. The number of amides is 1. The number of carbonyl (C=O) groups is 2. The van der Waals surface area contributed by atoms with Crippen molar-refractivity contribution in [3.63, 3.8) is 0 Å². The topological polar surface area (TPSA) is 73.7 Å². The molecule has 1 aliphatic heterocycles. The van der Waals surface area contributed by atoms with Gasteiger partial charge in [-0.2, -0.15) is 5.10 Å². The van der Waals surface area contributed by atoms with E-state index >= 15 is 0 Å². The van der Waals surface area contributed by atoms with Crippen molar-refractivity contribution in [2.75, 3.05) is 20.2 Å². The van der Waals surface area contributed by atoms with Crippen molar-refractivity contribution in [2.24, 2.45) is 0 Å². The lowest BCUT2D eigenvalue weighted by Crippen LogP contribution is -2.42. The highest BCUT2D eigenvalue weighted by Gasteiger charge is 2.29. The number of rotatable bonds is 2. The van der Waals surface area contributed by atoms with Crippen LogP contribution in [-0.2, 0) is 9.47 Å². The highest BCUT2D eigenvalue weighted by molar-refractivity contribution is 6.03. The fourth-order valence-electron chi connectivity index (χ4n) is 3.50. The van der Waals surface area contributed by atoms with Gasteiger partial charge in [0.1, 0.15) is 11.1 Å². The van der Waals surface area contributed by atoms with Crippen LogP contribution in [0.25, 0.3) is 10.9 Å². The molecule has 0 aliphatic carbocycles. The smallest absolute Gasteiger partial charge is 0.410 e. The van der Waals surface area contributed by atoms with E-state index in [2.05, 4.69) is 0 Å². The van der Waals surface area contributed by atoms with Crippen LogP contribution in [0.3, 0.4) is 0 Å². The lowest BCUT2D eigenvalue weighted by molar-refractivity contribution is 0.0184. The molecule has 7 nitrogen and oxygen atoms in total. The molecule has 0 saturated carbocycles. The lowest BCUT2D eigenvalue weighted by Gasteiger charge is -2.33. The molecule has 0 bridgehead atoms. The van der Waals surface area contributed by atoms with E-state index in [-0.39, 0.29) is 18.1 Å². The average molecular weight is 373 g/mol. The summed E-state index contributed by atoms with van der Waals surface area (Å²) in [5, 5.41) is 5.67. The molecule has 0 radical (unpaired) electrons. The Kier molecular flexibility index (Phi) is 5.13. The number of benzene rings is 1. The van der Waals surface area contributed by atoms with Gasteiger partial charge in [0.25, 0.3) is 0 Å². The van der Waals surface area contributed by atoms with Crippen molar-refractivity contribution in [1.82, 2.24) is 14.7 Å². The van der Waals surface area contributed by atoms with Crippen LogP contribution in [0.4, 0.5) is 4.79 Å². The number of methoxy groups -OCH3 is 1. The second-order valence-electron chi connectivity index (χ2n) is 7.92. The molecule has 3 rings (SSSR count). The van der Waals surface area contributed by atoms with Crippen LogP contribution in [0, 0.1) is 6.92 Å². The highest BCUT2D eigenvalue weighted by atomic mass is 16.6. The first-order valence-corrected chi connectivity index (χ1v) is 9.25. The molecule has 1 amide bonds. The second kappa shape index (κ2) is 7.21. The van der Waals surface area contributed by atoms with Gasteiger partial charge in [-0.3, -0.25) is 4.68 Å². The van der Waals surface area contributed by atoms with E-state index in [1.165, 1.54) is 7.11 Å². The minimum absolute atomic E-state index is 0.182. The molecule has 146 valence electrons. The van der Waals surface area contributed by atoms with Crippen molar-refractivity contribution >= 4 is 23.0 Å². The molecule has 1 aromatic carbocycles. The molecule has 1 aliphatic rings. The summed E-state index contributed by atoms with van der Waals surface area (Å²) in [4.78, 5) is 26.0. The Hall–Kier alpha value is -2.57. The Balaban J connectivity index is 1.79. The number of likely N-dealkylation sites (tertiary alicyclic amines) is 1. The van der Waals surface area contributed by atoms with Crippen molar-refractivity contribution in [1.29, 1.82) is 0 Å². The summed E-state index contributed by atoms with van der Waals surface area (Å²) in [7, 11) is 1.37. The Morgan fingerprint density at radius 2 is 1.85 bits per heavy atom. The molecule has 0 unspecified atom stereocenters. The molecule has 0 atom stereocenters. The average Bonchev–Trinajstić information content (AvgIpc) is 2.97. The number of ether oxygens (including phenoxy) is 2. The zero-order chi connectivity index (χ0) is 19.8. The first kappa shape index (κ1) is 19.2. The van der Waals surface area contributed by atoms with Crippen molar-refractivity contribution in [3.8, 4) is 0 Å². The third-order valence-electron chi connectivity index (χ3n) is 4.84. The normalized spacial score (nSPS) is 15.8. The maximum absolute atomic E-state index is 12.2. The van der Waals surface area contributed by atoms with Gasteiger partial charge in [-0.1, -0.05) is 12.1 Å². The quantitative estimate of drug-likeness (QED) is 0.751. The lowest BCUT2D eigenvalue weighted by atomic mass is 10.0. The number of fused-ring (bicyclic) bond motifs is 1. The van der Waals surface area contributed by atoms with E-state index in [1.54, 1.807) is 11.0 Å². The molecular formula is C20H27N3O4. The number of hydrogen-bond acceptors (Lipinski definition) is 5. The predicted molar refractivity (Wildman–Crippen MR) is 102 cm³/mol. The van der Waals surface area contributed by atoms with Crippen LogP contribution in [-0.4, -0.2) is 52.5 Å². The third-order valence-corrected chi connectivity index (χ3v) is 4.84. The first-order valence-electron chi connectivity index (χ1n) is 9.25. The summed E-state index contributed by atoms with van der Waals surface area (Å²) >= 11 is 0. The molecule has 1 saturated heterocycles. The molecule has 27 heavy (non-hydrogen) atoms. The number of aromatic nitrogens is 2. The van der Waals surface area contributed by atoms with Crippen LogP contribution in [0.15, 0.2) is 18.2 Å². The molecule has 0 N–H and O–H groups in total. The van der Waals surface area contributed by atoms with E-state index in [4.69, 9.17) is 14.6 Å². The third kappa shape index (κ3) is 3.91. The number of nitrogens with zero attached hydrogens (tertiary/aromatic N) is 3. The van der Waals surface area contributed by atoms with E-state index in [0.717, 1.165) is 23.9 Å². The number of aryl methyl sites for hydroxylation is 1. The molecule has 1 aromatic heterocycles. The Bertz CT molecular complexity index is 858. The summed E-state index contributed by atoms with van der Waals surface area (Å²) in [5.41, 5.74) is 1.67. The number of carbonyl (C=O) groups excluding carboxylic acids is 2. The van der Waals surface area contributed by atoms with Crippen molar-refractivity contribution < 1.29 is 19.1 Å². The fourth-order valence-corrected chi connectivity index (χ4v) is 3.50. The van der Waals surface area contributed by atoms with Crippen LogP contribution >= 0.6 is 0 Å². The zero-order valence-electron chi connectivity index (χ0n) is 16.6. The van der Waals surface area contributed by atoms with Gasteiger partial charge in [0, 0.05) is 24.2 Å². The monoisotopic (exact) mass is 373 g/mol. The number of esters is 1. The number of hydrogen-bond donors (Lipinski definition) is 0. The first-order chi connectivity index (χ1) is 12.7. The van der Waals surface area contributed by atoms with Gasteiger partial charge in [0.05, 0.1) is 18.7 Å². The Morgan fingerprint density at radius 1 is 1.19 bits per heavy atom. The molecule has 2 aromatic rings. The second-order valence-corrected chi connectivity index (χ2v) is 7.92. The Morgan fingerprint density at radius 3 is 2.44 bits per heavy atom. The maximum Gasteiger partial charge on any atom is 0.410 e. The van der Waals surface area contributed by atoms with Gasteiger partial charge < -0.3 is 14.4 Å². The van der Waals surface area contributed by atoms with Gasteiger partial charge >= 0.3 is 12.1 Å². The molecule has 7 heteroatoms. The van der Waals surface area contributed by atoms with E-state index in [9.17, 15) is 9.59 Å². The van der Waals surface area contributed by atoms with Gasteiger partial charge in [0.2, 0.25) is 0 Å². The van der Waals surface area contributed by atoms with Gasteiger partial charge in [-0.15, -0.1) is 0 Å². The van der Waals surface area contributed by atoms with Crippen molar-refractivity contribution in [3.05, 3.63) is 29.5 Å². The van der Waals surface area contributed by atoms with Crippen LogP contribution in [0.5, 0.6) is 0 Å². The minimum Gasteiger partial charge on any atom is -0.465 e. The van der Waals surface area contributed by atoms with Crippen LogP contribution in [0.1, 0.15) is 55.7 Å². The van der Waals surface area contributed by atoms with E-state index in [1.807, 2.05) is 44.5 Å². The summed E-state index contributed by atoms with van der Waals surface area (Å²) in [6.45, 7) is 8.87. The van der Waals surface area contributed by atoms with E-state index < -0.39 is 5.60 Å². The highest BCUT2D eigenvalue weighted by Crippen LogP contribution is 2.29. The molecular weight excluding hydrogens is 346 g/mol. The summed E-state index contributed by atoms with van der Waals surface area (Å²) in [6.07, 6.45) is 1.32. The van der Waals surface area contributed by atoms with Gasteiger partial charge in [0.15, 0.2) is 0 Å². The van der Waals surface area contributed by atoms with Gasteiger partial charge in [-0.05, 0) is 46.6 Å². The standard InChI is InChI=1S/C20H27N3O4/c1-13-15-7-6-8-16(18(24)26-5)17(15)21-23(13)14-9-11-22(12-10-14)19(25)27-20(2,3)4/h6-8,14H,9-12H2,1-5H3.